The standard InChI is InChI=1S/C24H31N5/c1-19(2)29(18-20-11-7-5-8-12-20)23-17-22(25-15-16-28(3)4)26-24(27-23)21-13-9-6-10-14-21/h5-14,17,19H,15-16,18H2,1-4H3,(H,25,26,27). The van der Waals surface area contributed by atoms with Crippen molar-refractivity contribution in [1.29, 1.82) is 0 Å². The zero-order valence-electron chi connectivity index (χ0n) is 17.8. The summed E-state index contributed by atoms with van der Waals surface area (Å²) in [5.74, 6) is 2.54. The molecule has 3 aromatic rings. The molecule has 3 rings (SSSR count). The van der Waals surface area contributed by atoms with Gasteiger partial charge in [0.1, 0.15) is 11.6 Å². The zero-order valence-corrected chi connectivity index (χ0v) is 17.8. The van der Waals surface area contributed by atoms with Gasteiger partial charge < -0.3 is 15.1 Å². The molecule has 0 radical (unpaired) electrons. The number of hydrogen-bond acceptors (Lipinski definition) is 5. The SMILES string of the molecule is CC(C)N(Cc1ccccc1)c1cc(NCCN(C)C)nc(-c2ccccc2)n1. The summed E-state index contributed by atoms with van der Waals surface area (Å²) in [6.07, 6.45) is 0. The van der Waals surface area contributed by atoms with Crippen molar-refractivity contribution in [1.82, 2.24) is 14.9 Å². The molecule has 0 unspecified atom stereocenters. The smallest absolute Gasteiger partial charge is 0.163 e. The van der Waals surface area contributed by atoms with Crippen LogP contribution in [0.15, 0.2) is 66.7 Å². The van der Waals surface area contributed by atoms with E-state index in [1.165, 1.54) is 5.56 Å². The van der Waals surface area contributed by atoms with Crippen LogP contribution in [-0.2, 0) is 6.54 Å². The van der Waals surface area contributed by atoms with Gasteiger partial charge in [0.25, 0.3) is 0 Å². The quantitative estimate of drug-likeness (QED) is 0.582. The van der Waals surface area contributed by atoms with E-state index in [9.17, 15) is 0 Å². The highest BCUT2D eigenvalue weighted by Crippen LogP contribution is 2.25. The van der Waals surface area contributed by atoms with Crippen LogP contribution in [0.2, 0.25) is 0 Å². The van der Waals surface area contributed by atoms with Gasteiger partial charge in [-0.1, -0.05) is 60.7 Å². The van der Waals surface area contributed by atoms with Crippen LogP contribution >= 0.6 is 0 Å². The van der Waals surface area contributed by atoms with Gasteiger partial charge in [-0.3, -0.25) is 0 Å². The molecule has 1 heterocycles. The predicted molar refractivity (Wildman–Crippen MR) is 122 cm³/mol. The van der Waals surface area contributed by atoms with E-state index in [2.05, 4.69) is 85.5 Å². The average Bonchev–Trinajstić information content (AvgIpc) is 2.73. The van der Waals surface area contributed by atoms with Gasteiger partial charge in [0.2, 0.25) is 0 Å². The van der Waals surface area contributed by atoms with E-state index in [0.29, 0.717) is 6.04 Å². The van der Waals surface area contributed by atoms with Gasteiger partial charge in [-0.15, -0.1) is 0 Å². The molecular weight excluding hydrogens is 358 g/mol. The van der Waals surface area contributed by atoms with E-state index >= 15 is 0 Å². The predicted octanol–water partition coefficient (Wildman–Crippen LogP) is 4.53. The molecular formula is C24H31N5. The summed E-state index contributed by atoms with van der Waals surface area (Å²) in [5.41, 5.74) is 2.29. The van der Waals surface area contributed by atoms with Crippen molar-refractivity contribution >= 4 is 11.6 Å². The molecule has 0 aliphatic rings. The minimum atomic E-state index is 0.309. The van der Waals surface area contributed by atoms with Crippen LogP contribution in [0.1, 0.15) is 19.4 Å². The van der Waals surface area contributed by atoms with Gasteiger partial charge in [-0.2, -0.15) is 0 Å². The summed E-state index contributed by atoms with van der Waals surface area (Å²) in [6.45, 7) is 6.98. The molecule has 2 aromatic carbocycles. The van der Waals surface area contributed by atoms with Gasteiger partial charge in [0.15, 0.2) is 5.82 Å². The van der Waals surface area contributed by atoms with E-state index in [1.54, 1.807) is 0 Å². The fraction of sp³-hybridized carbons (Fsp3) is 0.333. The highest BCUT2D eigenvalue weighted by atomic mass is 15.2. The van der Waals surface area contributed by atoms with Crippen molar-refractivity contribution in [2.24, 2.45) is 0 Å². The van der Waals surface area contributed by atoms with Crippen LogP contribution in [0, 0.1) is 0 Å². The van der Waals surface area contributed by atoms with Crippen molar-refractivity contribution < 1.29 is 0 Å². The van der Waals surface area contributed by atoms with E-state index in [1.807, 2.05) is 24.3 Å². The number of benzene rings is 2. The molecule has 5 heteroatoms. The number of nitrogens with one attached hydrogen (secondary N) is 1. The van der Waals surface area contributed by atoms with E-state index in [4.69, 9.17) is 9.97 Å². The Bertz CT molecular complexity index is 878. The first-order valence-corrected chi connectivity index (χ1v) is 10.2. The minimum Gasteiger partial charge on any atom is -0.369 e. The summed E-state index contributed by atoms with van der Waals surface area (Å²) in [7, 11) is 4.14. The third-order valence-electron chi connectivity index (χ3n) is 4.72. The van der Waals surface area contributed by atoms with Crippen molar-refractivity contribution in [3.05, 3.63) is 72.3 Å². The Morgan fingerprint density at radius 1 is 0.897 bits per heavy atom. The Morgan fingerprint density at radius 2 is 1.55 bits per heavy atom. The normalized spacial score (nSPS) is 11.1. The van der Waals surface area contributed by atoms with Crippen LogP contribution in [-0.4, -0.2) is 48.1 Å². The summed E-state index contributed by atoms with van der Waals surface area (Å²) in [4.78, 5) is 14.2. The summed E-state index contributed by atoms with van der Waals surface area (Å²) in [5, 5.41) is 3.46. The van der Waals surface area contributed by atoms with Crippen LogP contribution in [0.3, 0.4) is 0 Å². The second kappa shape index (κ2) is 10.0. The molecule has 0 bridgehead atoms. The number of hydrogen-bond donors (Lipinski definition) is 1. The molecule has 1 aromatic heterocycles. The molecule has 1 N–H and O–H groups in total. The van der Waals surface area contributed by atoms with Gasteiger partial charge >= 0.3 is 0 Å². The van der Waals surface area contributed by atoms with E-state index < -0.39 is 0 Å². The number of rotatable bonds is 9. The fourth-order valence-corrected chi connectivity index (χ4v) is 3.10. The number of likely N-dealkylation sites (N-methyl/N-ethyl adjacent to an activating group) is 1. The first-order chi connectivity index (χ1) is 14.0. The molecule has 0 atom stereocenters. The first-order valence-electron chi connectivity index (χ1n) is 10.2. The van der Waals surface area contributed by atoms with Crippen LogP contribution in [0.4, 0.5) is 11.6 Å². The third kappa shape index (κ3) is 6.03. The molecule has 0 aliphatic heterocycles. The summed E-state index contributed by atoms with van der Waals surface area (Å²) >= 11 is 0. The lowest BCUT2D eigenvalue weighted by atomic mass is 10.2. The van der Waals surface area contributed by atoms with Crippen LogP contribution < -0.4 is 10.2 Å². The van der Waals surface area contributed by atoms with Crippen molar-refractivity contribution in [3.8, 4) is 11.4 Å². The lowest BCUT2D eigenvalue weighted by Crippen LogP contribution is -2.31. The largest absolute Gasteiger partial charge is 0.369 e. The minimum absolute atomic E-state index is 0.309. The van der Waals surface area contributed by atoms with Gasteiger partial charge in [-0.05, 0) is 33.5 Å². The molecule has 5 nitrogen and oxygen atoms in total. The molecule has 152 valence electrons. The molecule has 0 amide bonds. The highest BCUT2D eigenvalue weighted by Gasteiger charge is 2.16. The molecule has 0 saturated heterocycles. The van der Waals surface area contributed by atoms with E-state index in [-0.39, 0.29) is 0 Å². The molecule has 0 fully saturated rings. The summed E-state index contributed by atoms with van der Waals surface area (Å²) in [6, 6.07) is 23.1. The van der Waals surface area contributed by atoms with Crippen LogP contribution in [0.5, 0.6) is 0 Å². The Hall–Kier alpha value is -2.92. The Kier molecular flexibility index (Phi) is 7.19. The zero-order chi connectivity index (χ0) is 20.6. The third-order valence-corrected chi connectivity index (χ3v) is 4.72. The van der Waals surface area contributed by atoms with Crippen molar-refractivity contribution in [2.75, 3.05) is 37.4 Å². The summed E-state index contributed by atoms with van der Waals surface area (Å²) < 4.78 is 0. The molecule has 29 heavy (non-hydrogen) atoms. The van der Waals surface area contributed by atoms with E-state index in [0.717, 1.165) is 42.7 Å². The maximum atomic E-state index is 4.93. The highest BCUT2D eigenvalue weighted by molar-refractivity contribution is 5.62. The fourth-order valence-electron chi connectivity index (χ4n) is 3.10. The average molecular weight is 390 g/mol. The second-order valence-corrected chi connectivity index (χ2v) is 7.74. The number of aromatic nitrogens is 2. The number of anilines is 2. The van der Waals surface area contributed by atoms with Crippen molar-refractivity contribution in [3.63, 3.8) is 0 Å². The Balaban J connectivity index is 1.95. The molecule has 0 spiro atoms. The monoisotopic (exact) mass is 389 g/mol. The molecule has 0 aliphatic carbocycles. The molecule has 0 saturated carbocycles. The maximum Gasteiger partial charge on any atom is 0.163 e. The van der Waals surface area contributed by atoms with Crippen LogP contribution in [0.25, 0.3) is 11.4 Å². The first kappa shape index (κ1) is 20.8. The maximum absolute atomic E-state index is 4.93. The lowest BCUT2D eigenvalue weighted by molar-refractivity contribution is 0.425. The van der Waals surface area contributed by atoms with Crippen molar-refractivity contribution in [2.45, 2.75) is 26.4 Å². The Labute approximate surface area is 174 Å². The van der Waals surface area contributed by atoms with Gasteiger partial charge in [0.05, 0.1) is 0 Å². The Morgan fingerprint density at radius 3 is 2.17 bits per heavy atom. The topological polar surface area (TPSA) is 44.3 Å². The number of nitrogens with zero attached hydrogens (tertiary/aromatic N) is 4. The van der Waals surface area contributed by atoms with Gasteiger partial charge in [-0.25, -0.2) is 9.97 Å². The lowest BCUT2D eigenvalue weighted by Gasteiger charge is -2.29. The second-order valence-electron chi connectivity index (χ2n) is 7.74. The van der Waals surface area contributed by atoms with Gasteiger partial charge in [0, 0.05) is 37.3 Å².